The molecular weight excluding hydrogens is 365 g/mol. The lowest BCUT2D eigenvalue weighted by molar-refractivity contribution is -0.0667. The molecule has 1 saturated heterocycles. The Morgan fingerprint density at radius 1 is 1.11 bits per heavy atom. The minimum atomic E-state index is -3.48. The molecule has 1 fully saturated rings. The molecule has 0 N–H and O–H groups in total. The number of sulfonamides is 1. The van der Waals surface area contributed by atoms with Gasteiger partial charge in [-0.05, 0) is 38.3 Å². The second-order valence-corrected chi connectivity index (χ2v) is 9.58. The summed E-state index contributed by atoms with van der Waals surface area (Å²) >= 11 is 0. The van der Waals surface area contributed by atoms with Crippen molar-refractivity contribution in [2.45, 2.75) is 38.3 Å². The quantitative estimate of drug-likeness (QED) is 0.749. The maximum atomic E-state index is 14.1. The predicted octanol–water partition coefficient (Wildman–Crippen LogP) is 3.94. The Balaban J connectivity index is 1.72. The van der Waals surface area contributed by atoms with Gasteiger partial charge in [0.2, 0.25) is 10.0 Å². The van der Waals surface area contributed by atoms with Gasteiger partial charge in [0.05, 0.1) is 24.0 Å². The van der Waals surface area contributed by atoms with Crippen molar-refractivity contribution in [3.63, 3.8) is 0 Å². The molecule has 4 nitrogen and oxygen atoms in total. The van der Waals surface area contributed by atoms with Crippen molar-refractivity contribution < 1.29 is 17.5 Å². The summed E-state index contributed by atoms with van der Waals surface area (Å²) in [7, 11) is -3.48. The summed E-state index contributed by atoms with van der Waals surface area (Å²) in [6, 6.07) is 16.2. The number of nitrogens with zero attached hydrogens (tertiary/aromatic N) is 1. The average molecular weight is 392 g/mol. The number of benzene rings is 2. The Bertz CT molecular complexity index is 868. The van der Waals surface area contributed by atoms with E-state index in [-0.39, 0.29) is 24.7 Å². The van der Waals surface area contributed by atoms with E-state index in [1.807, 2.05) is 44.2 Å². The van der Waals surface area contributed by atoms with Crippen LogP contribution in [-0.2, 0) is 21.2 Å². The van der Waals surface area contributed by atoms with Crippen LogP contribution < -0.4 is 0 Å². The van der Waals surface area contributed by atoms with E-state index in [4.69, 9.17) is 4.74 Å². The van der Waals surface area contributed by atoms with Gasteiger partial charge < -0.3 is 4.74 Å². The molecule has 0 radical (unpaired) electrons. The van der Waals surface area contributed by atoms with Crippen molar-refractivity contribution in [3.05, 3.63) is 71.5 Å². The molecule has 2 aromatic carbocycles. The number of ether oxygens (including phenoxy) is 1. The van der Waals surface area contributed by atoms with Crippen molar-refractivity contribution in [2.24, 2.45) is 0 Å². The monoisotopic (exact) mass is 391 g/mol. The third-order valence-corrected chi connectivity index (χ3v) is 7.06. The zero-order chi connectivity index (χ0) is 19.5. The van der Waals surface area contributed by atoms with Crippen molar-refractivity contribution in [3.8, 4) is 0 Å². The van der Waals surface area contributed by atoms with E-state index in [1.165, 1.54) is 10.4 Å². The molecule has 3 rings (SSSR count). The van der Waals surface area contributed by atoms with Crippen LogP contribution in [0.1, 0.15) is 37.5 Å². The Hall–Kier alpha value is -1.76. The highest BCUT2D eigenvalue weighted by atomic mass is 32.2. The van der Waals surface area contributed by atoms with Gasteiger partial charge in [-0.15, -0.1) is 0 Å². The molecule has 146 valence electrons. The zero-order valence-electron chi connectivity index (χ0n) is 15.8. The van der Waals surface area contributed by atoms with Gasteiger partial charge in [0.1, 0.15) is 5.82 Å². The highest BCUT2D eigenvalue weighted by Gasteiger charge is 2.42. The summed E-state index contributed by atoms with van der Waals surface area (Å²) < 4.78 is 47.5. The summed E-state index contributed by atoms with van der Waals surface area (Å²) in [5.41, 5.74) is 0.864. The first-order valence-corrected chi connectivity index (χ1v) is 10.8. The standard InChI is InChI=1S/C21H26FNO3S/c1-21(2)16-26-20(18-12-6-7-13-19(18)22)15-23(21)27(24,25)14-8-11-17-9-4-3-5-10-17/h3-7,9-10,12-13,20H,8,11,14-16H2,1-2H3. The molecular formula is C21H26FNO3S. The summed E-state index contributed by atoms with van der Waals surface area (Å²) in [4.78, 5) is 0. The lowest BCUT2D eigenvalue weighted by Gasteiger charge is -2.44. The van der Waals surface area contributed by atoms with Crippen molar-refractivity contribution in [1.29, 1.82) is 0 Å². The van der Waals surface area contributed by atoms with Crippen LogP contribution in [0.25, 0.3) is 0 Å². The fraction of sp³-hybridized carbons (Fsp3) is 0.429. The van der Waals surface area contributed by atoms with Crippen LogP contribution in [0.3, 0.4) is 0 Å². The van der Waals surface area contributed by atoms with Gasteiger partial charge in [-0.25, -0.2) is 12.8 Å². The van der Waals surface area contributed by atoms with Gasteiger partial charge in [-0.3, -0.25) is 0 Å². The van der Waals surface area contributed by atoms with Gasteiger partial charge in [0.25, 0.3) is 0 Å². The summed E-state index contributed by atoms with van der Waals surface area (Å²) in [5.74, 6) is -0.307. The van der Waals surface area contributed by atoms with Crippen molar-refractivity contribution in [2.75, 3.05) is 18.9 Å². The minimum absolute atomic E-state index is 0.0648. The normalized spacial score (nSPS) is 20.5. The topological polar surface area (TPSA) is 46.6 Å². The minimum Gasteiger partial charge on any atom is -0.370 e. The van der Waals surface area contributed by atoms with Gasteiger partial charge in [0.15, 0.2) is 0 Å². The Kier molecular flexibility index (Phi) is 5.99. The predicted molar refractivity (Wildman–Crippen MR) is 104 cm³/mol. The SMILES string of the molecule is CC1(C)COC(c2ccccc2F)CN1S(=O)(=O)CCCc1ccccc1. The molecule has 1 atom stereocenters. The van der Waals surface area contributed by atoms with Crippen LogP contribution in [0.4, 0.5) is 4.39 Å². The van der Waals surface area contributed by atoms with Gasteiger partial charge in [-0.2, -0.15) is 4.31 Å². The van der Waals surface area contributed by atoms with Crippen LogP contribution in [0.15, 0.2) is 54.6 Å². The average Bonchev–Trinajstić information content (AvgIpc) is 2.63. The van der Waals surface area contributed by atoms with Crippen LogP contribution >= 0.6 is 0 Å². The highest BCUT2D eigenvalue weighted by molar-refractivity contribution is 7.89. The van der Waals surface area contributed by atoms with E-state index < -0.39 is 21.7 Å². The Morgan fingerprint density at radius 2 is 1.78 bits per heavy atom. The van der Waals surface area contributed by atoms with Crippen LogP contribution in [0.5, 0.6) is 0 Å². The van der Waals surface area contributed by atoms with E-state index in [0.29, 0.717) is 18.4 Å². The molecule has 27 heavy (non-hydrogen) atoms. The van der Waals surface area contributed by atoms with Crippen LogP contribution in [-0.4, -0.2) is 37.2 Å². The summed E-state index contributed by atoms with van der Waals surface area (Å²) in [5, 5.41) is 0. The molecule has 0 amide bonds. The molecule has 6 heteroatoms. The highest BCUT2D eigenvalue weighted by Crippen LogP contribution is 2.33. The molecule has 1 unspecified atom stereocenters. The number of rotatable bonds is 6. The number of aryl methyl sites for hydroxylation is 1. The third-order valence-electron chi connectivity index (χ3n) is 4.94. The number of morpholine rings is 1. The van der Waals surface area contributed by atoms with E-state index in [2.05, 4.69) is 0 Å². The first kappa shape index (κ1) is 20.0. The Labute approximate surface area is 161 Å². The lowest BCUT2D eigenvalue weighted by Crippen LogP contribution is -2.56. The van der Waals surface area contributed by atoms with Crippen molar-refractivity contribution >= 4 is 10.0 Å². The molecule has 0 aliphatic carbocycles. The molecule has 0 spiro atoms. The number of hydrogen-bond acceptors (Lipinski definition) is 3. The lowest BCUT2D eigenvalue weighted by atomic mass is 10.0. The second-order valence-electron chi connectivity index (χ2n) is 7.57. The van der Waals surface area contributed by atoms with Crippen molar-refractivity contribution in [1.82, 2.24) is 4.31 Å². The maximum absolute atomic E-state index is 14.1. The molecule has 0 saturated carbocycles. The van der Waals surface area contributed by atoms with E-state index in [9.17, 15) is 12.8 Å². The first-order valence-electron chi connectivity index (χ1n) is 9.20. The summed E-state index contributed by atoms with van der Waals surface area (Å²) in [6.45, 7) is 4.05. The van der Waals surface area contributed by atoms with E-state index in [0.717, 1.165) is 5.56 Å². The van der Waals surface area contributed by atoms with Gasteiger partial charge in [-0.1, -0.05) is 48.5 Å². The number of hydrogen-bond donors (Lipinski definition) is 0. The maximum Gasteiger partial charge on any atom is 0.214 e. The van der Waals surface area contributed by atoms with Crippen LogP contribution in [0.2, 0.25) is 0 Å². The molecule has 1 aliphatic heterocycles. The van der Waals surface area contributed by atoms with Gasteiger partial charge >= 0.3 is 0 Å². The molecule has 0 aromatic heterocycles. The summed E-state index contributed by atoms with van der Waals surface area (Å²) in [6.07, 6.45) is 0.661. The smallest absolute Gasteiger partial charge is 0.214 e. The van der Waals surface area contributed by atoms with E-state index in [1.54, 1.807) is 18.2 Å². The van der Waals surface area contributed by atoms with E-state index >= 15 is 0 Å². The molecule has 1 aliphatic rings. The number of halogens is 1. The first-order chi connectivity index (χ1) is 12.8. The molecule has 2 aromatic rings. The second kappa shape index (κ2) is 8.09. The fourth-order valence-corrected chi connectivity index (χ4v) is 5.35. The molecule has 0 bridgehead atoms. The van der Waals surface area contributed by atoms with Crippen LogP contribution in [0, 0.1) is 5.82 Å². The third kappa shape index (κ3) is 4.75. The van der Waals surface area contributed by atoms with Gasteiger partial charge in [0, 0.05) is 12.1 Å². The molecule has 1 heterocycles. The Morgan fingerprint density at radius 3 is 2.48 bits per heavy atom. The zero-order valence-corrected chi connectivity index (χ0v) is 16.6. The largest absolute Gasteiger partial charge is 0.370 e. The fourth-order valence-electron chi connectivity index (χ4n) is 3.45.